The summed E-state index contributed by atoms with van der Waals surface area (Å²) < 4.78 is 5.51. The van der Waals surface area contributed by atoms with Crippen molar-refractivity contribution < 1.29 is 9.84 Å². The van der Waals surface area contributed by atoms with Crippen LogP contribution in [0.4, 0.5) is 0 Å². The van der Waals surface area contributed by atoms with Crippen LogP contribution < -0.4 is 5.73 Å². The molecule has 2 atom stereocenters. The Hall–Kier alpha value is -0.120. The molecule has 0 bridgehead atoms. The number of nitrogens with two attached hydrogens (primary N) is 1. The van der Waals surface area contributed by atoms with Crippen LogP contribution in [0.3, 0.4) is 0 Å². The Bertz CT molecular complexity index is 109. The fourth-order valence-corrected chi connectivity index (χ4v) is 0.794. The van der Waals surface area contributed by atoms with Crippen LogP contribution in [-0.4, -0.2) is 29.5 Å². The molecule has 11 heavy (non-hydrogen) atoms. The van der Waals surface area contributed by atoms with Crippen molar-refractivity contribution >= 4 is 0 Å². The van der Waals surface area contributed by atoms with Crippen LogP contribution in [0.2, 0.25) is 0 Å². The second kappa shape index (κ2) is 4.04. The molecule has 0 saturated heterocycles. The zero-order valence-electron chi connectivity index (χ0n) is 7.79. The van der Waals surface area contributed by atoms with Crippen LogP contribution in [0.5, 0.6) is 0 Å². The molecule has 0 heterocycles. The van der Waals surface area contributed by atoms with Crippen molar-refractivity contribution in [2.45, 2.75) is 45.4 Å². The average Bonchev–Trinajstić information content (AvgIpc) is 1.82. The van der Waals surface area contributed by atoms with E-state index in [9.17, 15) is 0 Å². The molecule has 0 amide bonds. The number of hydrogen-bond donors (Lipinski definition) is 2. The van der Waals surface area contributed by atoms with E-state index in [-0.39, 0.29) is 24.4 Å². The maximum Gasteiger partial charge on any atom is 0.0727 e. The summed E-state index contributed by atoms with van der Waals surface area (Å²) in [5, 5.41) is 8.70. The lowest BCUT2D eigenvalue weighted by molar-refractivity contribution is -0.0669. The second-order valence-electron chi connectivity index (χ2n) is 3.78. The first-order valence-electron chi connectivity index (χ1n) is 3.91. The minimum Gasteiger partial charge on any atom is -0.395 e. The van der Waals surface area contributed by atoms with Gasteiger partial charge < -0.3 is 15.6 Å². The quantitative estimate of drug-likeness (QED) is 0.634. The number of aliphatic hydroxyl groups excluding tert-OH is 1. The maximum atomic E-state index is 8.70. The fourth-order valence-electron chi connectivity index (χ4n) is 0.794. The van der Waals surface area contributed by atoms with Crippen molar-refractivity contribution in [3.8, 4) is 0 Å². The molecule has 0 fully saturated rings. The van der Waals surface area contributed by atoms with Crippen molar-refractivity contribution in [1.29, 1.82) is 0 Å². The minimum atomic E-state index is -0.283. The molecule has 0 aromatic heterocycles. The molecule has 0 aromatic carbocycles. The van der Waals surface area contributed by atoms with Gasteiger partial charge >= 0.3 is 0 Å². The van der Waals surface area contributed by atoms with Gasteiger partial charge in [-0.05, 0) is 27.7 Å². The summed E-state index contributed by atoms with van der Waals surface area (Å²) in [6.45, 7) is 7.73. The highest BCUT2D eigenvalue weighted by molar-refractivity contribution is 4.71. The van der Waals surface area contributed by atoms with E-state index in [2.05, 4.69) is 0 Å². The van der Waals surface area contributed by atoms with Gasteiger partial charge in [0.15, 0.2) is 0 Å². The topological polar surface area (TPSA) is 55.5 Å². The lowest BCUT2D eigenvalue weighted by Crippen LogP contribution is -2.41. The fraction of sp³-hybridized carbons (Fsp3) is 1.00. The SMILES string of the molecule is C[C@H](OC(C)(C)C)[C@@H](N)CO. The third-order valence-corrected chi connectivity index (χ3v) is 1.35. The zero-order chi connectivity index (χ0) is 9.07. The molecule has 0 unspecified atom stereocenters. The Labute approximate surface area is 68.5 Å². The molecule has 0 radical (unpaired) electrons. The predicted octanol–water partition coefficient (Wildman–Crippen LogP) is 0.510. The molecule has 3 nitrogen and oxygen atoms in total. The molecule has 0 aliphatic rings. The van der Waals surface area contributed by atoms with E-state index in [0.29, 0.717) is 0 Å². The van der Waals surface area contributed by atoms with Gasteiger partial charge in [-0.3, -0.25) is 0 Å². The van der Waals surface area contributed by atoms with Gasteiger partial charge in [-0.15, -0.1) is 0 Å². The summed E-state index contributed by atoms with van der Waals surface area (Å²) in [5.74, 6) is 0. The van der Waals surface area contributed by atoms with Crippen LogP contribution in [0.15, 0.2) is 0 Å². The van der Waals surface area contributed by atoms with Gasteiger partial charge in [-0.25, -0.2) is 0 Å². The smallest absolute Gasteiger partial charge is 0.0727 e. The summed E-state index contributed by atoms with van der Waals surface area (Å²) in [6, 6.07) is -0.283. The van der Waals surface area contributed by atoms with Crippen LogP contribution in [0, 0.1) is 0 Å². The Balaban J connectivity index is 3.77. The molecule has 0 aliphatic carbocycles. The molecule has 3 heteroatoms. The monoisotopic (exact) mass is 161 g/mol. The summed E-state index contributed by atoms with van der Waals surface area (Å²) in [4.78, 5) is 0. The highest BCUT2D eigenvalue weighted by Gasteiger charge is 2.19. The van der Waals surface area contributed by atoms with Gasteiger partial charge in [0.05, 0.1) is 24.4 Å². The van der Waals surface area contributed by atoms with E-state index >= 15 is 0 Å². The van der Waals surface area contributed by atoms with E-state index in [1.54, 1.807) is 0 Å². The average molecular weight is 161 g/mol. The van der Waals surface area contributed by atoms with E-state index in [0.717, 1.165) is 0 Å². The Morgan fingerprint density at radius 2 is 1.91 bits per heavy atom. The molecule has 0 spiro atoms. The van der Waals surface area contributed by atoms with Crippen LogP contribution >= 0.6 is 0 Å². The van der Waals surface area contributed by atoms with Crippen molar-refractivity contribution in [3.63, 3.8) is 0 Å². The molecule has 68 valence electrons. The summed E-state index contributed by atoms with van der Waals surface area (Å²) in [6.07, 6.45) is -0.0972. The number of rotatable bonds is 3. The molecule has 0 saturated carbocycles. The Morgan fingerprint density at radius 3 is 2.18 bits per heavy atom. The van der Waals surface area contributed by atoms with Crippen LogP contribution in [-0.2, 0) is 4.74 Å². The van der Waals surface area contributed by atoms with Gasteiger partial charge in [-0.1, -0.05) is 0 Å². The molecular weight excluding hydrogens is 142 g/mol. The first kappa shape index (κ1) is 10.9. The number of hydrogen-bond acceptors (Lipinski definition) is 3. The van der Waals surface area contributed by atoms with E-state index < -0.39 is 0 Å². The zero-order valence-corrected chi connectivity index (χ0v) is 7.79. The second-order valence-corrected chi connectivity index (χ2v) is 3.78. The van der Waals surface area contributed by atoms with Crippen molar-refractivity contribution in [1.82, 2.24) is 0 Å². The highest BCUT2D eigenvalue weighted by atomic mass is 16.5. The molecule has 0 aliphatic heterocycles. The Kier molecular flexibility index (Phi) is 4.00. The lowest BCUT2D eigenvalue weighted by Gasteiger charge is -2.27. The van der Waals surface area contributed by atoms with E-state index in [1.165, 1.54) is 0 Å². The lowest BCUT2D eigenvalue weighted by atomic mass is 10.1. The third kappa shape index (κ3) is 5.18. The Morgan fingerprint density at radius 1 is 1.45 bits per heavy atom. The first-order chi connectivity index (χ1) is 4.87. The normalized spacial score (nSPS) is 18.0. The van der Waals surface area contributed by atoms with Gasteiger partial charge in [0, 0.05) is 0 Å². The van der Waals surface area contributed by atoms with Gasteiger partial charge in [0.1, 0.15) is 0 Å². The van der Waals surface area contributed by atoms with Crippen molar-refractivity contribution in [3.05, 3.63) is 0 Å². The van der Waals surface area contributed by atoms with Gasteiger partial charge in [-0.2, -0.15) is 0 Å². The number of ether oxygens (including phenoxy) is 1. The van der Waals surface area contributed by atoms with Gasteiger partial charge in [0.25, 0.3) is 0 Å². The largest absolute Gasteiger partial charge is 0.395 e. The molecule has 0 rings (SSSR count). The first-order valence-corrected chi connectivity index (χ1v) is 3.91. The number of aliphatic hydroxyl groups is 1. The highest BCUT2D eigenvalue weighted by Crippen LogP contribution is 2.11. The molecule has 0 aromatic rings. The molecule has 3 N–H and O–H groups in total. The predicted molar refractivity (Wildman–Crippen MR) is 45.4 cm³/mol. The van der Waals surface area contributed by atoms with Crippen LogP contribution in [0.25, 0.3) is 0 Å². The van der Waals surface area contributed by atoms with Gasteiger partial charge in [0.2, 0.25) is 0 Å². The summed E-state index contributed by atoms with van der Waals surface area (Å²) >= 11 is 0. The summed E-state index contributed by atoms with van der Waals surface area (Å²) in [7, 11) is 0. The van der Waals surface area contributed by atoms with Crippen molar-refractivity contribution in [2.75, 3.05) is 6.61 Å². The summed E-state index contributed by atoms with van der Waals surface area (Å²) in [5.41, 5.74) is 5.36. The minimum absolute atomic E-state index is 0.0305. The standard InChI is InChI=1S/C8H19NO2/c1-6(7(9)5-10)11-8(2,3)4/h6-7,10H,5,9H2,1-4H3/t6-,7-/m0/s1. The molecular formula is C8H19NO2. The third-order valence-electron chi connectivity index (χ3n) is 1.35. The maximum absolute atomic E-state index is 8.70. The van der Waals surface area contributed by atoms with E-state index in [4.69, 9.17) is 15.6 Å². The van der Waals surface area contributed by atoms with Crippen molar-refractivity contribution in [2.24, 2.45) is 5.73 Å². The van der Waals surface area contributed by atoms with Crippen LogP contribution in [0.1, 0.15) is 27.7 Å². The van der Waals surface area contributed by atoms with E-state index in [1.807, 2.05) is 27.7 Å².